The van der Waals surface area contributed by atoms with Crippen LogP contribution in [0.3, 0.4) is 0 Å². The summed E-state index contributed by atoms with van der Waals surface area (Å²) in [6.45, 7) is -0.0469. The molecule has 0 unspecified atom stereocenters. The number of aliphatic carboxylic acids is 1. The zero-order chi connectivity index (χ0) is 14.1. The fraction of sp³-hybridized carbons (Fsp3) is 0.154. The van der Waals surface area contributed by atoms with Gasteiger partial charge in [0.05, 0.1) is 0 Å². The van der Waals surface area contributed by atoms with Gasteiger partial charge in [0.15, 0.2) is 0 Å². The molecule has 0 bridgehead atoms. The molecule has 0 atom stereocenters. The molecule has 0 heterocycles. The molecule has 1 rings (SSSR count). The third-order valence-corrected chi connectivity index (χ3v) is 2.16. The predicted molar refractivity (Wildman–Crippen MR) is 67.6 cm³/mol. The summed E-state index contributed by atoms with van der Waals surface area (Å²) in [5, 5.41) is 22.1. The molecule has 0 saturated heterocycles. The van der Waals surface area contributed by atoms with Gasteiger partial charge < -0.3 is 15.7 Å². The molecule has 3 N–H and O–H groups in total. The average Bonchev–Trinajstić information content (AvgIpc) is 2.42. The largest absolute Gasteiger partial charge is 0.480 e. The van der Waals surface area contributed by atoms with Crippen LogP contribution in [-0.2, 0) is 16.1 Å². The van der Waals surface area contributed by atoms with Crippen LogP contribution in [0, 0.1) is 11.3 Å². The van der Waals surface area contributed by atoms with Gasteiger partial charge in [0, 0.05) is 12.7 Å². The lowest BCUT2D eigenvalue weighted by molar-refractivity contribution is -0.135. The maximum atomic E-state index is 11.6. The summed E-state index contributed by atoms with van der Waals surface area (Å²) < 4.78 is 0. The molecular weight excluding hydrogens is 246 g/mol. The molecule has 1 aromatic carbocycles. The molecule has 0 aliphatic carbocycles. The summed E-state index contributed by atoms with van der Waals surface area (Å²) in [7, 11) is 0. The molecule has 0 aliphatic rings. The molecule has 0 radical (unpaired) electrons. The molecule has 0 aliphatic heterocycles. The van der Waals surface area contributed by atoms with Crippen LogP contribution in [-0.4, -0.2) is 23.5 Å². The van der Waals surface area contributed by atoms with Crippen molar-refractivity contribution in [3.05, 3.63) is 47.7 Å². The molecule has 1 amide bonds. The number of amides is 1. The Morgan fingerprint density at radius 1 is 1.32 bits per heavy atom. The van der Waals surface area contributed by atoms with Crippen LogP contribution in [0.4, 0.5) is 0 Å². The molecule has 19 heavy (non-hydrogen) atoms. The fourth-order valence-electron chi connectivity index (χ4n) is 1.26. The number of benzene rings is 1. The van der Waals surface area contributed by atoms with E-state index in [1.807, 2.05) is 30.3 Å². The number of nitrogens with zero attached hydrogens (tertiary/aromatic N) is 1. The van der Waals surface area contributed by atoms with Crippen molar-refractivity contribution in [3.8, 4) is 6.07 Å². The lowest BCUT2D eigenvalue weighted by atomic mass is 10.2. The standard InChI is InChI=1S/C13H13N3O3/c14-6-11(8-15-9-12(17)18)13(19)16-7-10-4-2-1-3-5-10/h1-5,8,15H,7,9H2,(H,16,19)(H,17,18)/b11-8+. The first-order valence-corrected chi connectivity index (χ1v) is 5.51. The smallest absolute Gasteiger partial charge is 0.322 e. The van der Waals surface area contributed by atoms with Crippen molar-refractivity contribution in [3.63, 3.8) is 0 Å². The third kappa shape index (κ3) is 5.37. The number of nitrogens with one attached hydrogen (secondary N) is 2. The topological polar surface area (TPSA) is 102 Å². The average molecular weight is 259 g/mol. The summed E-state index contributed by atoms with van der Waals surface area (Å²) >= 11 is 0. The van der Waals surface area contributed by atoms with E-state index in [-0.39, 0.29) is 12.1 Å². The highest BCUT2D eigenvalue weighted by Crippen LogP contribution is 1.98. The van der Waals surface area contributed by atoms with Crippen LogP contribution in [0.2, 0.25) is 0 Å². The van der Waals surface area contributed by atoms with Gasteiger partial charge in [-0.1, -0.05) is 30.3 Å². The number of carbonyl (C=O) groups is 2. The number of carboxylic acid groups (broad SMARTS) is 1. The van der Waals surface area contributed by atoms with Crippen molar-refractivity contribution < 1.29 is 14.7 Å². The van der Waals surface area contributed by atoms with Crippen LogP contribution in [0.25, 0.3) is 0 Å². The minimum Gasteiger partial charge on any atom is -0.480 e. The second kappa shape index (κ2) is 7.50. The molecule has 6 nitrogen and oxygen atoms in total. The molecule has 0 saturated carbocycles. The molecule has 0 spiro atoms. The highest BCUT2D eigenvalue weighted by molar-refractivity contribution is 5.97. The Hall–Kier alpha value is -2.81. The Balaban J connectivity index is 2.51. The number of hydrogen-bond donors (Lipinski definition) is 3. The Morgan fingerprint density at radius 2 is 2.00 bits per heavy atom. The van der Waals surface area contributed by atoms with Gasteiger partial charge in [-0.3, -0.25) is 9.59 Å². The highest BCUT2D eigenvalue weighted by atomic mass is 16.4. The summed E-state index contributed by atoms with van der Waals surface area (Å²) in [6.07, 6.45) is 1.09. The van der Waals surface area contributed by atoms with Crippen LogP contribution in [0.1, 0.15) is 5.56 Å². The monoisotopic (exact) mass is 259 g/mol. The lowest BCUT2D eigenvalue weighted by Gasteiger charge is -2.04. The quantitative estimate of drug-likeness (QED) is 0.506. The van der Waals surface area contributed by atoms with Crippen LogP contribution >= 0.6 is 0 Å². The Bertz CT molecular complexity index is 518. The van der Waals surface area contributed by atoms with E-state index in [0.29, 0.717) is 6.54 Å². The van der Waals surface area contributed by atoms with Gasteiger partial charge in [-0.15, -0.1) is 0 Å². The molecule has 0 fully saturated rings. The van der Waals surface area contributed by atoms with Gasteiger partial charge in [-0.2, -0.15) is 5.26 Å². The van der Waals surface area contributed by atoms with Gasteiger partial charge >= 0.3 is 5.97 Å². The van der Waals surface area contributed by atoms with E-state index in [1.165, 1.54) is 0 Å². The van der Waals surface area contributed by atoms with E-state index in [0.717, 1.165) is 11.8 Å². The van der Waals surface area contributed by atoms with Crippen LogP contribution in [0.5, 0.6) is 0 Å². The minimum absolute atomic E-state index is 0.169. The van der Waals surface area contributed by atoms with Crippen molar-refractivity contribution in [1.82, 2.24) is 10.6 Å². The van der Waals surface area contributed by atoms with Crippen LogP contribution in [0.15, 0.2) is 42.1 Å². The second-order valence-electron chi connectivity index (χ2n) is 3.61. The van der Waals surface area contributed by atoms with Gasteiger partial charge in [-0.25, -0.2) is 0 Å². The van der Waals surface area contributed by atoms with Crippen molar-refractivity contribution in [1.29, 1.82) is 5.26 Å². The first-order chi connectivity index (χ1) is 9.13. The van der Waals surface area contributed by atoms with E-state index >= 15 is 0 Å². The first kappa shape index (κ1) is 14.3. The van der Waals surface area contributed by atoms with Crippen molar-refractivity contribution in [2.45, 2.75) is 6.54 Å². The zero-order valence-corrected chi connectivity index (χ0v) is 10.1. The first-order valence-electron chi connectivity index (χ1n) is 5.51. The maximum absolute atomic E-state index is 11.6. The highest BCUT2D eigenvalue weighted by Gasteiger charge is 2.08. The number of carboxylic acids is 1. The molecule has 1 aromatic rings. The van der Waals surface area contributed by atoms with E-state index in [1.54, 1.807) is 6.07 Å². The van der Waals surface area contributed by atoms with Gasteiger partial charge in [-0.05, 0) is 5.56 Å². The molecule has 98 valence electrons. The van der Waals surface area contributed by atoms with Crippen molar-refractivity contribution >= 4 is 11.9 Å². The number of hydrogen-bond acceptors (Lipinski definition) is 4. The minimum atomic E-state index is -1.07. The van der Waals surface area contributed by atoms with E-state index in [4.69, 9.17) is 10.4 Å². The van der Waals surface area contributed by atoms with Crippen LogP contribution < -0.4 is 10.6 Å². The normalized spacial score (nSPS) is 10.4. The van der Waals surface area contributed by atoms with Gasteiger partial charge in [0.25, 0.3) is 5.91 Å². The second-order valence-corrected chi connectivity index (χ2v) is 3.61. The van der Waals surface area contributed by atoms with Crippen molar-refractivity contribution in [2.75, 3.05) is 6.54 Å². The van der Waals surface area contributed by atoms with E-state index in [2.05, 4.69) is 10.6 Å². The lowest BCUT2D eigenvalue weighted by Crippen LogP contribution is -2.26. The Kier molecular flexibility index (Phi) is 5.63. The summed E-state index contributed by atoms with van der Waals surface area (Å²) in [5.41, 5.74) is 0.740. The Morgan fingerprint density at radius 3 is 2.58 bits per heavy atom. The number of nitriles is 1. The molecule has 0 aromatic heterocycles. The van der Waals surface area contributed by atoms with Gasteiger partial charge in [0.1, 0.15) is 18.2 Å². The van der Waals surface area contributed by atoms with Crippen molar-refractivity contribution in [2.24, 2.45) is 0 Å². The maximum Gasteiger partial charge on any atom is 0.322 e. The zero-order valence-electron chi connectivity index (χ0n) is 10.1. The SMILES string of the molecule is N#C/C(=C\NCC(=O)O)C(=O)NCc1ccccc1. The number of carbonyl (C=O) groups excluding carboxylic acids is 1. The third-order valence-electron chi connectivity index (χ3n) is 2.16. The fourth-order valence-corrected chi connectivity index (χ4v) is 1.26. The summed E-state index contributed by atoms with van der Waals surface area (Å²) in [5.74, 6) is -1.62. The molecular formula is C13H13N3O3. The van der Waals surface area contributed by atoms with Gasteiger partial charge in [0.2, 0.25) is 0 Å². The van der Waals surface area contributed by atoms with E-state index in [9.17, 15) is 9.59 Å². The summed E-state index contributed by atoms with van der Waals surface area (Å²) in [6, 6.07) is 10.9. The molecule has 6 heteroatoms. The summed E-state index contributed by atoms with van der Waals surface area (Å²) in [4.78, 5) is 21.9. The predicted octanol–water partition coefficient (Wildman–Crippen LogP) is 0.384. The van der Waals surface area contributed by atoms with E-state index < -0.39 is 11.9 Å². The Labute approximate surface area is 110 Å². The number of rotatable bonds is 6.